The van der Waals surface area contributed by atoms with Gasteiger partial charge < -0.3 is 38.6 Å². The van der Waals surface area contributed by atoms with Crippen LogP contribution in [0.4, 0.5) is 8.68 Å². The zero-order valence-corrected chi connectivity index (χ0v) is 39.7. The number of aliphatic hydroxyl groups excluding tert-OH is 1. The number of halogens is 1. The van der Waals surface area contributed by atoms with Crippen molar-refractivity contribution in [3.63, 3.8) is 0 Å². The maximum absolute atomic E-state index is 14.1. The Morgan fingerprint density at radius 2 is 1.78 bits per heavy atom. The van der Waals surface area contributed by atoms with Gasteiger partial charge in [0.2, 0.25) is 5.91 Å². The standard InChI is InChI=1S/C42H66N8O10.CH3FS/c1-12-34-42(8)37(49(40(55)60-42)19-14-13-18-48-24-31(45-46-48)30-16-15-17-43-44-30)28(5)50(29(6)51)23-25(2)22-41(7,56-11)35(21-33(52)27(4)38(54)58-34)59-39-36(53)32(47(9)10)20-26(3)57-39;1-3-2/h15-17,24-28,32,34-37,39,53H,12-14,18-23H2,1-11H3;1H3/t25-,26?,27-,28-,32?,34-,35-,36?,37-,39+,41+,42-;/m1./s1. The smallest absolute Gasteiger partial charge is 0.410 e. The Balaban J connectivity index is 0.00000282. The number of ether oxygens (including phenoxy) is 5. The second-order valence-electron chi connectivity index (χ2n) is 17.7. The number of unbranched alkanes of at least 4 members (excludes halogenated alkanes) is 1. The molecule has 5 heterocycles. The van der Waals surface area contributed by atoms with Gasteiger partial charge in [-0.3, -0.25) is 24.0 Å². The summed E-state index contributed by atoms with van der Waals surface area (Å²) in [6, 6.07) is 1.99. The quantitative estimate of drug-likeness (QED) is 0.184. The minimum absolute atomic E-state index is 0.214. The molecule has 0 aromatic carbocycles. The molecule has 3 aliphatic heterocycles. The van der Waals surface area contributed by atoms with E-state index in [2.05, 4.69) is 20.5 Å². The van der Waals surface area contributed by atoms with Crippen LogP contribution >= 0.6 is 12.1 Å². The summed E-state index contributed by atoms with van der Waals surface area (Å²) < 4.78 is 43.2. The molecule has 12 atom stereocenters. The highest BCUT2D eigenvalue weighted by molar-refractivity contribution is 7.93. The largest absolute Gasteiger partial charge is 0.458 e. The summed E-state index contributed by atoms with van der Waals surface area (Å²) in [6.07, 6.45) is 2.03. The normalized spacial score (nSPS) is 33.4. The first-order chi connectivity index (χ1) is 29.7. The third-order valence-corrected chi connectivity index (χ3v) is 12.7. The molecule has 0 spiro atoms. The SMILES string of the molecule is CC[C@H]1OC(=O)[C@H](C)C(=O)C[C@@H](O[C@@H]2OC(C)CC(N(C)C)C2O)[C@@](C)(OC)C[C@@H](C)CN(C(C)=O)[C@H](C)[C@H]2N(CCCCn3cc(-c4cccnn4)nn3)C(=O)O[C@]12C.CSF. The van der Waals surface area contributed by atoms with Crippen LogP contribution in [-0.4, -0.2) is 169 Å². The fourth-order valence-electron chi connectivity index (χ4n) is 9.23. The second kappa shape index (κ2) is 22.9. The lowest BCUT2D eigenvalue weighted by Gasteiger charge is -2.46. The zero-order chi connectivity index (χ0) is 46.8. The van der Waals surface area contributed by atoms with Gasteiger partial charge in [-0.2, -0.15) is 8.98 Å². The molecule has 3 unspecified atom stereocenters. The Labute approximate surface area is 375 Å². The molecule has 3 saturated heterocycles. The van der Waals surface area contributed by atoms with Crippen LogP contribution in [0.3, 0.4) is 0 Å². The van der Waals surface area contributed by atoms with Crippen LogP contribution in [0.25, 0.3) is 11.4 Å². The minimum atomic E-state index is -1.39. The number of cyclic esters (lactones) is 1. The van der Waals surface area contributed by atoms with Crippen molar-refractivity contribution in [2.75, 3.05) is 40.6 Å². The number of rotatable bonds is 11. The van der Waals surface area contributed by atoms with Crippen LogP contribution in [0.1, 0.15) is 93.9 Å². The number of Topliss-reactive ketones (excluding diaryl/α,β-unsaturated/α-hetero) is 1. The molecule has 5 rings (SSSR count). The molecule has 3 aliphatic rings. The van der Waals surface area contributed by atoms with Crippen molar-refractivity contribution in [1.82, 2.24) is 39.9 Å². The second-order valence-corrected chi connectivity index (χ2v) is 18.0. The highest BCUT2D eigenvalue weighted by atomic mass is 32.2. The molecule has 18 nitrogen and oxygen atoms in total. The molecule has 2 aromatic heterocycles. The van der Waals surface area contributed by atoms with E-state index in [9.17, 15) is 28.2 Å². The van der Waals surface area contributed by atoms with Crippen molar-refractivity contribution >= 4 is 35.9 Å². The summed E-state index contributed by atoms with van der Waals surface area (Å²) in [5.41, 5.74) is -1.32. The lowest BCUT2D eigenvalue weighted by molar-refractivity contribution is -0.289. The first-order valence-corrected chi connectivity index (χ1v) is 22.9. The lowest BCUT2D eigenvalue weighted by atomic mass is 9.82. The maximum atomic E-state index is 14.1. The Kier molecular flexibility index (Phi) is 18.8. The molecule has 0 aliphatic carbocycles. The maximum Gasteiger partial charge on any atom is 0.410 e. The zero-order valence-electron chi connectivity index (χ0n) is 38.9. The first kappa shape index (κ1) is 51.8. The van der Waals surface area contributed by atoms with E-state index in [4.69, 9.17) is 23.7 Å². The molecular formula is C43H69FN8O10S. The fourth-order valence-corrected chi connectivity index (χ4v) is 9.23. The molecule has 2 amide bonds. The Hall–Kier alpha value is -3.82. The Morgan fingerprint density at radius 1 is 1.10 bits per heavy atom. The van der Waals surface area contributed by atoms with Crippen molar-refractivity contribution in [2.24, 2.45) is 11.8 Å². The van der Waals surface area contributed by atoms with E-state index >= 15 is 0 Å². The van der Waals surface area contributed by atoms with Gasteiger partial charge in [-0.25, -0.2) is 4.79 Å². The van der Waals surface area contributed by atoms with Crippen LogP contribution in [0.5, 0.6) is 0 Å². The summed E-state index contributed by atoms with van der Waals surface area (Å²) >= 11 is 0.250. The molecule has 1 N–H and O–H groups in total. The Morgan fingerprint density at radius 3 is 2.38 bits per heavy atom. The molecule has 354 valence electrons. The van der Waals surface area contributed by atoms with Gasteiger partial charge in [-0.05, 0) is 98.9 Å². The van der Waals surface area contributed by atoms with Gasteiger partial charge in [-0.15, -0.1) is 10.2 Å². The van der Waals surface area contributed by atoms with Crippen LogP contribution in [0.15, 0.2) is 24.5 Å². The number of aromatic nitrogens is 5. The number of hydrogen-bond donors (Lipinski definition) is 1. The number of methoxy groups -OCH3 is 1. The third kappa shape index (κ3) is 12.5. The Bertz CT molecular complexity index is 1820. The fraction of sp³-hybridized carbons (Fsp3) is 0.767. The highest BCUT2D eigenvalue weighted by Gasteiger charge is 2.59. The number of carbonyl (C=O) groups excluding carboxylic acids is 4. The van der Waals surface area contributed by atoms with Crippen molar-refractivity contribution < 1.29 is 51.9 Å². The molecular weight excluding hydrogens is 840 g/mol. The van der Waals surface area contributed by atoms with Gasteiger partial charge >= 0.3 is 12.1 Å². The highest BCUT2D eigenvalue weighted by Crippen LogP contribution is 2.41. The van der Waals surface area contributed by atoms with Gasteiger partial charge in [-0.1, -0.05) is 19.1 Å². The average Bonchev–Trinajstić information content (AvgIpc) is 3.82. The number of ketones is 1. The summed E-state index contributed by atoms with van der Waals surface area (Å²) in [5, 5.41) is 27.9. The topological polar surface area (TPSA) is 201 Å². The van der Waals surface area contributed by atoms with Gasteiger partial charge in [0.15, 0.2) is 11.9 Å². The van der Waals surface area contributed by atoms with E-state index < -0.39 is 71.7 Å². The number of nitrogens with zero attached hydrogens (tertiary/aromatic N) is 8. The number of carbonyl (C=O) groups is 4. The van der Waals surface area contributed by atoms with Gasteiger partial charge in [0, 0.05) is 70.7 Å². The number of aliphatic hydroxyl groups is 1. The number of fused-ring (bicyclic) bond motifs is 1. The third-order valence-electron chi connectivity index (χ3n) is 12.7. The number of hydrogen-bond acceptors (Lipinski definition) is 16. The summed E-state index contributed by atoms with van der Waals surface area (Å²) in [6.45, 7) is 15.2. The average molecular weight is 909 g/mol. The van der Waals surface area contributed by atoms with E-state index in [0.29, 0.717) is 50.2 Å². The van der Waals surface area contributed by atoms with E-state index in [1.807, 2.05) is 53.6 Å². The summed E-state index contributed by atoms with van der Waals surface area (Å²) in [5.74, 6) is -2.87. The van der Waals surface area contributed by atoms with Crippen molar-refractivity contribution in [2.45, 2.75) is 160 Å². The molecule has 0 saturated carbocycles. The molecule has 0 bridgehead atoms. The molecule has 20 heteroatoms. The predicted octanol–water partition coefficient (Wildman–Crippen LogP) is 4.74. The monoisotopic (exact) mass is 908 g/mol. The number of esters is 1. The predicted molar refractivity (Wildman–Crippen MR) is 233 cm³/mol. The minimum Gasteiger partial charge on any atom is -0.458 e. The van der Waals surface area contributed by atoms with Crippen LogP contribution < -0.4 is 0 Å². The molecule has 63 heavy (non-hydrogen) atoms. The van der Waals surface area contributed by atoms with Crippen molar-refractivity contribution in [3.05, 3.63) is 24.5 Å². The molecule has 0 radical (unpaired) electrons. The van der Waals surface area contributed by atoms with Gasteiger partial charge in [0.05, 0.1) is 36.1 Å². The number of aryl methyl sites for hydroxylation is 1. The molecule has 2 aromatic rings. The number of likely N-dealkylation sites (N-methyl/N-ethyl adjacent to an activating group) is 1. The first-order valence-electron chi connectivity index (χ1n) is 21.8. The van der Waals surface area contributed by atoms with Crippen LogP contribution in [-0.2, 0) is 44.6 Å². The van der Waals surface area contributed by atoms with Gasteiger partial charge in [0.25, 0.3) is 0 Å². The summed E-state index contributed by atoms with van der Waals surface area (Å²) in [4.78, 5) is 61.0. The van der Waals surface area contributed by atoms with Crippen molar-refractivity contribution in [3.8, 4) is 11.4 Å². The van der Waals surface area contributed by atoms with Crippen LogP contribution in [0, 0.1) is 11.8 Å². The molecule has 3 fully saturated rings. The van der Waals surface area contributed by atoms with Gasteiger partial charge in [0.1, 0.15) is 35.3 Å². The summed E-state index contributed by atoms with van der Waals surface area (Å²) in [7, 11) is 5.29. The van der Waals surface area contributed by atoms with E-state index in [1.165, 1.54) is 27.2 Å². The number of amides is 2. The lowest BCUT2D eigenvalue weighted by Crippen LogP contribution is -2.62. The van der Waals surface area contributed by atoms with E-state index in [-0.39, 0.29) is 55.5 Å². The van der Waals surface area contributed by atoms with E-state index in [1.54, 1.807) is 45.9 Å². The van der Waals surface area contributed by atoms with Crippen molar-refractivity contribution in [1.29, 1.82) is 0 Å². The van der Waals surface area contributed by atoms with Crippen LogP contribution in [0.2, 0.25) is 0 Å². The van der Waals surface area contributed by atoms with E-state index in [0.717, 1.165) is 0 Å².